The van der Waals surface area contributed by atoms with E-state index in [1.54, 1.807) is 10.4 Å². The summed E-state index contributed by atoms with van der Waals surface area (Å²) in [6.45, 7) is 0. The Morgan fingerprint density at radius 3 is 3.10 bits per heavy atom. The van der Waals surface area contributed by atoms with Crippen LogP contribution in [-0.2, 0) is 0 Å². The van der Waals surface area contributed by atoms with Crippen LogP contribution >= 0.6 is 11.3 Å². The van der Waals surface area contributed by atoms with Gasteiger partial charge in [-0.05, 0) is 48.1 Å². The highest BCUT2D eigenvalue weighted by Gasteiger charge is 2.37. The Bertz CT molecular complexity index is 237. The van der Waals surface area contributed by atoms with Crippen LogP contribution in [-0.4, -0.2) is 0 Å². The standard InChI is InChI=1S/C9H10S/c1-2-7-5-6(1)8-3-4-10-9(7)8/h3-4,6-7H,1-2,5H2/t6-,7+/m0/s1. The molecule has 2 bridgehead atoms. The van der Waals surface area contributed by atoms with Crippen LogP contribution in [0.15, 0.2) is 11.4 Å². The predicted molar refractivity (Wildman–Crippen MR) is 43.7 cm³/mol. The monoisotopic (exact) mass is 150 g/mol. The number of hydrogen-bond acceptors (Lipinski definition) is 1. The highest BCUT2D eigenvalue weighted by atomic mass is 32.1. The Morgan fingerprint density at radius 2 is 2.20 bits per heavy atom. The first-order chi connectivity index (χ1) is 4.95. The third-order valence-electron chi connectivity index (χ3n) is 2.97. The van der Waals surface area contributed by atoms with Crippen LogP contribution in [0.2, 0.25) is 0 Å². The maximum atomic E-state index is 2.34. The molecule has 0 unspecified atom stereocenters. The highest BCUT2D eigenvalue weighted by molar-refractivity contribution is 7.10. The third-order valence-corrected chi connectivity index (χ3v) is 4.07. The van der Waals surface area contributed by atoms with Gasteiger partial charge in [-0.15, -0.1) is 11.3 Å². The third kappa shape index (κ3) is 0.485. The van der Waals surface area contributed by atoms with E-state index < -0.39 is 0 Å². The summed E-state index contributed by atoms with van der Waals surface area (Å²) >= 11 is 1.98. The fourth-order valence-corrected chi connectivity index (χ4v) is 3.64. The second kappa shape index (κ2) is 1.65. The Hall–Kier alpha value is -0.300. The molecule has 1 aromatic rings. The lowest BCUT2D eigenvalue weighted by atomic mass is 9.99. The second-order valence-electron chi connectivity index (χ2n) is 3.45. The first kappa shape index (κ1) is 5.36. The summed E-state index contributed by atoms with van der Waals surface area (Å²) in [5.74, 6) is 1.94. The van der Waals surface area contributed by atoms with E-state index in [1.165, 1.54) is 19.3 Å². The molecule has 1 heterocycles. The molecule has 0 amide bonds. The van der Waals surface area contributed by atoms with E-state index in [0.29, 0.717) is 0 Å². The van der Waals surface area contributed by atoms with Gasteiger partial charge in [0.25, 0.3) is 0 Å². The molecule has 0 aliphatic heterocycles. The fraction of sp³-hybridized carbons (Fsp3) is 0.556. The van der Waals surface area contributed by atoms with Crippen molar-refractivity contribution < 1.29 is 0 Å². The van der Waals surface area contributed by atoms with E-state index in [2.05, 4.69) is 11.4 Å². The van der Waals surface area contributed by atoms with E-state index in [-0.39, 0.29) is 0 Å². The van der Waals surface area contributed by atoms with Crippen LogP contribution in [0.5, 0.6) is 0 Å². The molecule has 52 valence electrons. The maximum Gasteiger partial charge on any atom is 0.0111 e. The van der Waals surface area contributed by atoms with Crippen LogP contribution in [0.25, 0.3) is 0 Å². The molecule has 0 radical (unpaired) electrons. The predicted octanol–water partition coefficient (Wildman–Crippen LogP) is 3.11. The van der Waals surface area contributed by atoms with Crippen LogP contribution in [0, 0.1) is 0 Å². The van der Waals surface area contributed by atoms with Gasteiger partial charge in [0, 0.05) is 4.88 Å². The van der Waals surface area contributed by atoms with E-state index in [9.17, 15) is 0 Å². The van der Waals surface area contributed by atoms with Crippen LogP contribution in [0.4, 0.5) is 0 Å². The van der Waals surface area contributed by atoms with E-state index in [4.69, 9.17) is 0 Å². The maximum absolute atomic E-state index is 2.34. The highest BCUT2D eigenvalue weighted by Crippen LogP contribution is 2.54. The molecule has 1 heteroatoms. The summed E-state index contributed by atoms with van der Waals surface area (Å²) in [4.78, 5) is 1.72. The summed E-state index contributed by atoms with van der Waals surface area (Å²) in [6.07, 6.45) is 4.41. The smallest absolute Gasteiger partial charge is 0.0111 e. The molecular formula is C9H10S. The van der Waals surface area contributed by atoms with Gasteiger partial charge in [-0.25, -0.2) is 0 Å². The summed E-state index contributed by atoms with van der Waals surface area (Å²) in [7, 11) is 0. The van der Waals surface area contributed by atoms with Crippen LogP contribution < -0.4 is 0 Å². The minimum Gasteiger partial charge on any atom is -0.148 e. The van der Waals surface area contributed by atoms with Gasteiger partial charge in [-0.2, -0.15) is 0 Å². The van der Waals surface area contributed by atoms with Crippen molar-refractivity contribution in [3.8, 4) is 0 Å². The average Bonchev–Trinajstić information content (AvgIpc) is 2.60. The van der Waals surface area contributed by atoms with Crippen molar-refractivity contribution >= 4 is 11.3 Å². The van der Waals surface area contributed by atoms with Crippen molar-refractivity contribution in [2.75, 3.05) is 0 Å². The molecule has 0 spiro atoms. The van der Waals surface area contributed by atoms with Gasteiger partial charge in [-0.3, -0.25) is 0 Å². The molecule has 10 heavy (non-hydrogen) atoms. The van der Waals surface area contributed by atoms with Gasteiger partial charge < -0.3 is 0 Å². The van der Waals surface area contributed by atoms with Crippen molar-refractivity contribution in [3.63, 3.8) is 0 Å². The molecule has 1 fully saturated rings. The lowest BCUT2D eigenvalue weighted by Gasteiger charge is -2.08. The molecule has 1 saturated carbocycles. The van der Waals surface area contributed by atoms with Gasteiger partial charge in [0.15, 0.2) is 0 Å². The van der Waals surface area contributed by atoms with Gasteiger partial charge in [0.2, 0.25) is 0 Å². The zero-order chi connectivity index (χ0) is 6.55. The second-order valence-corrected chi connectivity index (χ2v) is 4.39. The fourth-order valence-electron chi connectivity index (χ4n) is 2.50. The molecule has 0 N–H and O–H groups in total. The largest absolute Gasteiger partial charge is 0.148 e. The molecule has 2 aliphatic carbocycles. The minimum atomic E-state index is 0.964. The lowest BCUT2D eigenvalue weighted by molar-refractivity contribution is 0.728. The molecular weight excluding hydrogens is 140 g/mol. The summed E-state index contributed by atoms with van der Waals surface area (Å²) in [5.41, 5.74) is 1.70. The van der Waals surface area contributed by atoms with Crippen molar-refractivity contribution in [3.05, 3.63) is 21.9 Å². The Morgan fingerprint density at radius 1 is 1.30 bits per heavy atom. The quantitative estimate of drug-likeness (QED) is 0.533. The SMILES string of the molecule is c1cc2c(s1)[C@@H]1CC[C@H]2C1. The molecule has 1 aromatic heterocycles. The number of fused-ring (bicyclic) bond motifs is 5. The average molecular weight is 150 g/mol. The zero-order valence-electron chi connectivity index (χ0n) is 5.84. The topological polar surface area (TPSA) is 0 Å². The van der Waals surface area contributed by atoms with Gasteiger partial charge in [0.05, 0.1) is 0 Å². The first-order valence-corrected chi connectivity index (χ1v) is 4.90. The first-order valence-electron chi connectivity index (χ1n) is 4.02. The zero-order valence-corrected chi connectivity index (χ0v) is 6.66. The Kier molecular flexibility index (Phi) is 0.883. The van der Waals surface area contributed by atoms with Crippen LogP contribution in [0.1, 0.15) is 41.5 Å². The number of hydrogen-bond donors (Lipinski definition) is 0. The summed E-state index contributed by atoms with van der Waals surface area (Å²) in [5, 5.41) is 2.26. The molecule has 2 atom stereocenters. The van der Waals surface area contributed by atoms with E-state index >= 15 is 0 Å². The minimum absolute atomic E-state index is 0.964. The molecule has 0 nitrogen and oxygen atoms in total. The van der Waals surface area contributed by atoms with Crippen molar-refractivity contribution in [1.82, 2.24) is 0 Å². The van der Waals surface area contributed by atoms with Crippen LogP contribution in [0.3, 0.4) is 0 Å². The lowest BCUT2D eigenvalue weighted by Crippen LogP contribution is -1.91. The van der Waals surface area contributed by atoms with Crippen molar-refractivity contribution in [1.29, 1.82) is 0 Å². The molecule has 2 aliphatic rings. The molecule has 0 aromatic carbocycles. The van der Waals surface area contributed by atoms with Gasteiger partial charge >= 0.3 is 0 Å². The summed E-state index contributed by atoms with van der Waals surface area (Å²) in [6, 6.07) is 2.34. The van der Waals surface area contributed by atoms with Crippen molar-refractivity contribution in [2.45, 2.75) is 31.1 Å². The molecule has 0 saturated heterocycles. The summed E-state index contributed by atoms with van der Waals surface area (Å²) < 4.78 is 0. The number of rotatable bonds is 0. The van der Waals surface area contributed by atoms with Crippen molar-refractivity contribution in [2.24, 2.45) is 0 Å². The van der Waals surface area contributed by atoms with E-state index in [1.807, 2.05) is 11.3 Å². The van der Waals surface area contributed by atoms with E-state index in [0.717, 1.165) is 11.8 Å². The normalized spacial score (nSPS) is 34.8. The van der Waals surface area contributed by atoms with Gasteiger partial charge in [0.1, 0.15) is 0 Å². The van der Waals surface area contributed by atoms with Gasteiger partial charge in [-0.1, -0.05) is 0 Å². The Labute approximate surface area is 64.9 Å². The number of thiophene rings is 1. The molecule has 3 rings (SSSR count). The Balaban J connectivity index is 2.25.